The molecule has 7 N–H and O–H groups in total. The second-order valence-corrected chi connectivity index (χ2v) is 31.2. The largest absolute Gasteiger partial charge is 0.455 e. The molecule has 20 nitrogen and oxygen atoms in total. The predicted octanol–water partition coefficient (Wildman–Crippen LogP) is 5.57. The quantitative estimate of drug-likeness (QED) is 0.0596. The van der Waals surface area contributed by atoms with Gasteiger partial charge in [0.15, 0.2) is 22.8 Å². The summed E-state index contributed by atoms with van der Waals surface area (Å²) in [6.45, 7) is 19.1. The minimum Gasteiger partial charge on any atom is -0.455 e. The summed E-state index contributed by atoms with van der Waals surface area (Å²) in [5, 5.41) is 84.3. The van der Waals surface area contributed by atoms with Crippen molar-refractivity contribution in [2.45, 2.75) is 206 Å². The highest BCUT2D eigenvalue weighted by Gasteiger charge is 2.80. The molecular weight excluding hydrogens is 1160 g/mol. The van der Waals surface area contributed by atoms with Gasteiger partial charge in [-0.15, -0.1) is 0 Å². The van der Waals surface area contributed by atoms with Crippen molar-refractivity contribution in [3.63, 3.8) is 0 Å². The Labute approximate surface area is 521 Å². The van der Waals surface area contributed by atoms with Gasteiger partial charge in [0.2, 0.25) is 8.32 Å². The van der Waals surface area contributed by atoms with Crippen LogP contribution in [0.4, 0.5) is 0 Å². The van der Waals surface area contributed by atoms with E-state index in [0.29, 0.717) is 11.1 Å². The number of carbonyl (C=O) groups is 6. The van der Waals surface area contributed by atoms with E-state index in [9.17, 15) is 59.7 Å². The number of benzene rings is 3. The van der Waals surface area contributed by atoms with Crippen LogP contribution >= 0.6 is 0 Å². The molecule has 3 aromatic rings. The van der Waals surface area contributed by atoms with E-state index in [2.05, 4.69) is 0 Å². The third-order valence-electron chi connectivity index (χ3n) is 21.8. The first kappa shape index (κ1) is 69.1. The van der Waals surface area contributed by atoms with Gasteiger partial charge in [-0.1, -0.05) is 109 Å². The van der Waals surface area contributed by atoms with Crippen molar-refractivity contribution >= 4 is 48.9 Å². The van der Waals surface area contributed by atoms with Crippen LogP contribution in [0.3, 0.4) is 0 Å². The summed E-state index contributed by atoms with van der Waals surface area (Å²) in [7, 11) is -2.78. The molecule has 3 aromatic carbocycles. The maximum absolute atomic E-state index is 15.2. The Kier molecular flexibility index (Phi) is 18.4. The number of ketones is 2. The molecule has 11 rings (SSSR count). The standard InChI is InChI=1S/C37H46O10Si.C29H36O10.2CH4/c1-21-25(39)19-37(43)32(45-33(42)23-14-10-8-11-15-23)30-35(5,31(41)29(40)28(21)34(37,3)4)26(18-27-36(30,20-44-27)46-22(2)38)47-48(6,7)24-16-12-9-13-17-24;1-14-17(31)12-29(36)24(38-25(35)16-9-7-6-8-10-16)22-27(5,23(34)21(33)20(14)26(29,3)4)18(32)11-19-28(22,13-37-19)39-15(2)30;;/h8-17,25-27,29-30,32,39-40,43H,18-20H2,1-7H3;6-10,17-19,21-22,24,31-33,36H,11-13H2,1-5H3;2*1H4/t25-,26-,27+,29+,30?,32-,35+,36-,37+;17-,18-,19+,21+,22?,24-,27+,28-,29+;;/m00../s1. The average Bonchev–Trinajstić information content (AvgIpc) is 0.679. The fourth-order valence-electron chi connectivity index (χ4n) is 16.7. The first-order valence-corrected chi connectivity index (χ1v) is 32.7. The van der Waals surface area contributed by atoms with Crippen LogP contribution < -0.4 is 5.19 Å². The van der Waals surface area contributed by atoms with Gasteiger partial charge < -0.3 is 68.6 Å². The third-order valence-corrected chi connectivity index (χ3v) is 24.4. The summed E-state index contributed by atoms with van der Waals surface area (Å²) in [6, 6.07) is 26.1. The third kappa shape index (κ3) is 10.2. The Morgan fingerprint density at radius 3 is 1.28 bits per heavy atom. The molecule has 4 bridgehead atoms. The number of carbonyl (C=O) groups excluding carboxylic acids is 6. The summed E-state index contributed by atoms with van der Waals surface area (Å²) in [4.78, 5) is 82.4. The topological polar surface area (TPSA) is 309 Å². The Bertz CT molecular complexity index is 3310. The van der Waals surface area contributed by atoms with E-state index >= 15 is 4.79 Å². The summed E-state index contributed by atoms with van der Waals surface area (Å²) >= 11 is 0. The van der Waals surface area contributed by atoms with Crippen molar-refractivity contribution in [1.29, 1.82) is 0 Å². The molecule has 18 atom stereocenters. The number of rotatable bonds is 9. The normalized spacial score (nSPS) is 38.8. The van der Waals surface area contributed by atoms with Gasteiger partial charge in [0.05, 0.1) is 71.4 Å². The lowest BCUT2D eigenvalue weighted by Gasteiger charge is -2.68. The SMILES string of the molecule is C.C.CC(=O)O[C@@]12CO[C@@H]1C[C@H](O)[C@@]1(C)C(=O)[C@H](O)C3=C(C)[C@@H](O)C[C@@](O)([C@@H](OC(=O)c4ccccc4)C12)C3(C)C.CC(=O)O[C@@]12CO[C@@H]1C[C@H](O[Si](C)(C)c1ccccc1)[C@@]1(C)C(=O)[C@H](O)C3=C(C)[C@@H](O)C[C@@](O)([C@@H](OC(=O)c4ccccc4)C12)C3(C)C. The van der Waals surface area contributed by atoms with Gasteiger partial charge >= 0.3 is 23.9 Å². The number of fused-ring (bicyclic) bond motifs is 10. The zero-order chi connectivity index (χ0) is 63.7. The number of Topliss-reactive ketones (excluding diaryl/α,β-unsaturated/α-hetero) is 2. The first-order chi connectivity index (χ1) is 40.5. The van der Waals surface area contributed by atoms with E-state index in [0.717, 1.165) is 5.19 Å². The van der Waals surface area contributed by atoms with Gasteiger partial charge in [0.1, 0.15) is 47.8 Å². The van der Waals surface area contributed by atoms with Crippen LogP contribution in [-0.2, 0) is 52.0 Å². The maximum Gasteiger partial charge on any atom is 0.338 e. The maximum atomic E-state index is 15.2. The average molecular weight is 1260 g/mol. The fraction of sp³-hybridized carbons (Fsp3) is 0.588. The molecule has 2 heterocycles. The van der Waals surface area contributed by atoms with Crippen molar-refractivity contribution in [3.8, 4) is 0 Å². The molecule has 2 aliphatic heterocycles. The van der Waals surface area contributed by atoms with Crippen LogP contribution in [0.25, 0.3) is 0 Å². The van der Waals surface area contributed by atoms with Crippen LogP contribution in [0.5, 0.6) is 0 Å². The molecule has 0 radical (unpaired) electrons. The summed E-state index contributed by atoms with van der Waals surface area (Å²) in [5.41, 5.74) is -12.2. The monoisotopic (exact) mass is 1250 g/mol. The molecule has 21 heteroatoms. The van der Waals surface area contributed by atoms with Crippen molar-refractivity contribution in [3.05, 3.63) is 124 Å². The van der Waals surface area contributed by atoms with Crippen molar-refractivity contribution in [2.24, 2.45) is 33.5 Å². The fourth-order valence-corrected chi connectivity index (χ4v) is 18.9. The number of hydrogen-bond donors (Lipinski definition) is 7. The highest BCUT2D eigenvalue weighted by molar-refractivity contribution is 6.84. The Hall–Kier alpha value is -5.82. The minimum absolute atomic E-state index is 0. The van der Waals surface area contributed by atoms with Gasteiger partial charge in [-0.3, -0.25) is 19.2 Å². The molecule has 2 saturated heterocycles. The zero-order valence-corrected chi connectivity index (χ0v) is 52.3. The molecule has 6 fully saturated rings. The second kappa shape index (κ2) is 23.7. The molecule has 4 saturated carbocycles. The van der Waals surface area contributed by atoms with E-state index in [1.54, 1.807) is 97.0 Å². The molecule has 486 valence electrons. The molecule has 89 heavy (non-hydrogen) atoms. The summed E-state index contributed by atoms with van der Waals surface area (Å²) < 4.78 is 43.4. The number of esters is 4. The van der Waals surface area contributed by atoms with Gasteiger partial charge in [0.25, 0.3) is 0 Å². The van der Waals surface area contributed by atoms with Crippen molar-refractivity contribution < 1.29 is 97.4 Å². The molecule has 6 aliphatic carbocycles. The van der Waals surface area contributed by atoms with E-state index in [1.807, 2.05) is 43.4 Å². The number of hydrogen-bond acceptors (Lipinski definition) is 20. The number of ether oxygens (including phenoxy) is 6. The first-order valence-electron chi connectivity index (χ1n) is 29.8. The zero-order valence-electron chi connectivity index (χ0n) is 51.3. The second-order valence-electron chi connectivity index (χ2n) is 27.3. The van der Waals surface area contributed by atoms with Crippen LogP contribution in [0.15, 0.2) is 113 Å². The van der Waals surface area contributed by atoms with Crippen LogP contribution in [0.2, 0.25) is 13.1 Å². The van der Waals surface area contributed by atoms with Crippen LogP contribution in [0.1, 0.15) is 130 Å². The lowest BCUT2D eigenvalue weighted by atomic mass is 9.44. The smallest absolute Gasteiger partial charge is 0.338 e. The van der Waals surface area contributed by atoms with Gasteiger partial charge in [0, 0.05) is 50.4 Å². The van der Waals surface area contributed by atoms with E-state index < -0.39 is 161 Å². The van der Waals surface area contributed by atoms with E-state index in [-0.39, 0.29) is 76.0 Å². The Morgan fingerprint density at radius 1 is 0.551 bits per heavy atom. The van der Waals surface area contributed by atoms with E-state index in [1.165, 1.54) is 32.9 Å². The van der Waals surface area contributed by atoms with Crippen molar-refractivity contribution in [1.82, 2.24) is 0 Å². The predicted molar refractivity (Wildman–Crippen MR) is 326 cm³/mol. The molecular formula is C68H90O20Si. The molecule has 2 unspecified atom stereocenters. The number of aliphatic hydroxyl groups excluding tert-OH is 5. The van der Waals surface area contributed by atoms with E-state index in [4.69, 9.17) is 32.8 Å². The molecule has 0 spiro atoms. The Morgan fingerprint density at radius 2 is 0.910 bits per heavy atom. The lowest BCUT2D eigenvalue weighted by molar-refractivity contribution is -0.345. The minimum atomic E-state index is -2.78. The Balaban J connectivity index is 0.000000230. The van der Waals surface area contributed by atoms with Gasteiger partial charge in [-0.2, -0.15) is 0 Å². The van der Waals surface area contributed by atoms with Crippen LogP contribution in [-0.4, -0.2) is 176 Å². The van der Waals surface area contributed by atoms with Crippen molar-refractivity contribution in [2.75, 3.05) is 13.2 Å². The highest BCUT2D eigenvalue weighted by Crippen LogP contribution is 2.66. The molecule has 0 aromatic heterocycles. The summed E-state index contributed by atoms with van der Waals surface area (Å²) in [5.74, 6) is -6.89. The van der Waals surface area contributed by atoms with Gasteiger partial charge in [-0.25, -0.2) is 9.59 Å². The number of aliphatic hydroxyl groups is 7. The summed E-state index contributed by atoms with van der Waals surface area (Å²) in [6.07, 6.45) is -13.6. The molecule has 0 amide bonds. The van der Waals surface area contributed by atoms with Gasteiger partial charge in [-0.05, 0) is 92.5 Å². The highest BCUT2D eigenvalue weighted by atomic mass is 28.4. The lowest BCUT2D eigenvalue weighted by Crippen LogP contribution is -2.82. The molecule has 8 aliphatic rings. The van der Waals surface area contributed by atoms with Crippen LogP contribution in [0, 0.1) is 33.5 Å².